The summed E-state index contributed by atoms with van der Waals surface area (Å²) in [7, 11) is 0. The minimum atomic E-state index is 0.184. The fourth-order valence-corrected chi connectivity index (χ4v) is 2.10. The number of ether oxygens (including phenoxy) is 1. The fourth-order valence-electron chi connectivity index (χ4n) is 2.10. The highest BCUT2D eigenvalue weighted by Gasteiger charge is 2.19. The number of para-hydroxylation sites is 1. The van der Waals surface area contributed by atoms with Gasteiger partial charge in [-0.15, -0.1) is 0 Å². The highest BCUT2D eigenvalue weighted by molar-refractivity contribution is 5.81. The number of morpholine rings is 1. The zero-order valence-corrected chi connectivity index (χ0v) is 10.8. The van der Waals surface area contributed by atoms with Crippen molar-refractivity contribution in [1.29, 1.82) is 0 Å². The minimum Gasteiger partial charge on any atom is -0.378 e. The van der Waals surface area contributed by atoms with Crippen molar-refractivity contribution in [3.05, 3.63) is 30.3 Å². The molecule has 0 N–H and O–H groups in total. The molecule has 1 aromatic carbocycles. The quantitative estimate of drug-likeness (QED) is 0.807. The lowest BCUT2D eigenvalue weighted by molar-refractivity contribution is -0.133. The van der Waals surface area contributed by atoms with Crippen LogP contribution in [0.1, 0.15) is 6.92 Å². The van der Waals surface area contributed by atoms with Gasteiger partial charge in [-0.1, -0.05) is 18.2 Å². The van der Waals surface area contributed by atoms with Gasteiger partial charge in [0.25, 0.3) is 0 Å². The summed E-state index contributed by atoms with van der Waals surface area (Å²) in [5, 5.41) is 0. The molecule has 0 aliphatic carbocycles. The summed E-state index contributed by atoms with van der Waals surface area (Å²) >= 11 is 0. The summed E-state index contributed by atoms with van der Waals surface area (Å²) in [6, 6.07) is 10.1. The highest BCUT2D eigenvalue weighted by Crippen LogP contribution is 2.13. The van der Waals surface area contributed by atoms with Gasteiger partial charge in [0.1, 0.15) is 0 Å². The van der Waals surface area contributed by atoms with E-state index in [1.54, 1.807) is 0 Å². The second-order valence-electron chi connectivity index (χ2n) is 4.34. The zero-order chi connectivity index (χ0) is 12.8. The predicted molar refractivity (Wildman–Crippen MR) is 71.7 cm³/mol. The number of anilines is 1. The Morgan fingerprint density at radius 3 is 2.56 bits per heavy atom. The summed E-state index contributed by atoms with van der Waals surface area (Å²) in [6.07, 6.45) is 0. The molecule has 98 valence electrons. The van der Waals surface area contributed by atoms with Crippen molar-refractivity contribution in [2.24, 2.45) is 0 Å². The van der Waals surface area contributed by atoms with Crippen LogP contribution < -0.4 is 4.90 Å². The molecule has 1 heterocycles. The molecular formula is C14H20N2O2. The molecular weight excluding hydrogens is 228 g/mol. The van der Waals surface area contributed by atoms with Crippen molar-refractivity contribution in [2.75, 3.05) is 44.3 Å². The lowest BCUT2D eigenvalue weighted by Crippen LogP contribution is -2.45. The number of carbonyl (C=O) groups is 1. The van der Waals surface area contributed by atoms with Gasteiger partial charge in [0, 0.05) is 25.3 Å². The number of rotatable bonds is 4. The number of carbonyl (C=O) groups excluding carboxylic acids is 1. The maximum atomic E-state index is 12.2. The molecule has 1 aliphatic heterocycles. The lowest BCUT2D eigenvalue weighted by Gasteiger charge is -2.30. The molecule has 1 amide bonds. The fraction of sp³-hybridized carbons (Fsp3) is 0.500. The standard InChI is InChI=1S/C14H20N2O2/c1-2-15(13-6-4-3-5-7-13)12-14(17)16-8-10-18-11-9-16/h3-7H,2,8-12H2,1H3. The maximum absolute atomic E-state index is 12.2. The molecule has 0 atom stereocenters. The topological polar surface area (TPSA) is 32.8 Å². The normalized spacial score (nSPS) is 15.5. The van der Waals surface area contributed by atoms with Gasteiger partial charge < -0.3 is 14.5 Å². The van der Waals surface area contributed by atoms with E-state index in [1.807, 2.05) is 35.2 Å². The molecule has 2 rings (SSSR count). The van der Waals surface area contributed by atoms with Crippen LogP contribution in [0.4, 0.5) is 5.69 Å². The average molecular weight is 248 g/mol. The molecule has 0 aromatic heterocycles. The Morgan fingerprint density at radius 2 is 1.94 bits per heavy atom. The molecule has 0 bridgehead atoms. The number of nitrogens with zero attached hydrogens (tertiary/aromatic N) is 2. The molecule has 0 spiro atoms. The molecule has 1 aromatic rings. The molecule has 1 saturated heterocycles. The van der Waals surface area contributed by atoms with Crippen molar-refractivity contribution in [2.45, 2.75) is 6.92 Å². The molecule has 0 radical (unpaired) electrons. The summed E-state index contributed by atoms with van der Waals surface area (Å²) in [5.41, 5.74) is 1.10. The third-order valence-electron chi connectivity index (χ3n) is 3.19. The van der Waals surface area contributed by atoms with Crippen LogP contribution in [0.2, 0.25) is 0 Å². The Hall–Kier alpha value is -1.55. The molecule has 18 heavy (non-hydrogen) atoms. The lowest BCUT2D eigenvalue weighted by atomic mass is 10.2. The molecule has 1 aliphatic rings. The first kappa shape index (κ1) is 12.9. The van der Waals surface area contributed by atoms with Crippen LogP contribution in [-0.4, -0.2) is 50.2 Å². The van der Waals surface area contributed by atoms with Gasteiger partial charge in [-0.05, 0) is 19.1 Å². The third kappa shape index (κ3) is 3.23. The highest BCUT2D eigenvalue weighted by atomic mass is 16.5. The van der Waals surface area contributed by atoms with Gasteiger partial charge in [0.05, 0.1) is 19.8 Å². The van der Waals surface area contributed by atoms with Crippen LogP contribution in [-0.2, 0) is 9.53 Å². The Bertz CT molecular complexity index is 375. The van der Waals surface area contributed by atoms with Gasteiger partial charge in [0.15, 0.2) is 0 Å². The van der Waals surface area contributed by atoms with Crippen LogP contribution in [0.25, 0.3) is 0 Å². The zero-order valence-electron chi connectivity index (χ0n) is 10.8. The summed E-state index contributed by atoms with van der Waals surface area (Å²) < 4.78 is 5.26. The Morgan fingerprint density at radius 1 is 1.28 bits per heavy atom. The van der Waals surface area contributed by atoms with Crippen LogP contribution in [0, 0.1) is 0 Å². The molecule has 4 heteroatoms. The average Bonchev–Trinajstić information content (AvgIpc) is 2.46. The largest absolute Gasteiger partial charge is 0.378 e. The van der Waals surface area contributed by atoms with Crippen molar-refractivity contribution in [3.8, 4) is 0 Å². The molecule has 0 saturated carbocycles. The Labute approximate surface area is 108 Å². The summed E-state index contributed by atoms with van der Waals surface area (Å²) in [4.78, 5) is 16.1. The van der Waals surface area contributed by atoms with E-state index in [1.165, 1.54) is 0 Å². The van der Waals surface area contributed by atoms with Crippen molar-refractivity contribution in [3.63, 3.8) is 0 Å². The van der Waals surface area contributed by atoms with Crippen molar-refractivity contribution >= 4 is 11.6 Å². The number of likely N-dealkylation sites (N-methyl/N-ethyl adjacent to an activating group) is 1. The Kier molecular flexibility index (Phi) is 4.59. The predicted octanol–water partition coefficient (Wildman–Crippen LogP) is 1.37. The van der Waals surface area contributed by atoms with Gasteiger partial charge >= 0.3 is 0 Å². The van der Waals surface area contributed by atoms with Crippen molar-refractivity contribution in [1.82, 2.24) is 4.90 Å². The smallest absolute Gasteiger partial charge is 0.242 e. The van der Waals surface area contributed by atoms with Gasteiger partial charge in [0.2, 0.25) is 5.91 Å². The van der Waals surface area contributed by atoms with Gasteiger partial charge in [-0.3, -0.25) is 4.79 Å². The second kappa shape index (κ2) is 6.40. The first-order valence-corrected chi connectivity index (χ1v) is 6.46. The van der Waals surface area contributed by atoms with Crippen LogP contribution in [0.3, 0.4) is 0 Å². The van der Waals surface area contributed by atoms with E-state index in [4.69, 9.17) is 4.74 Å². The van der Waals surface area contributed by atoms with E-state index in [-0.39, 0.29) is 5.91 Å². The number of benzene rings is 1. The SMILES string of the molecule is CCN(CC(=O)N1CCOCC1)c1ccccc1. The first-order valence-electron chi connectivity index (χ1n) is 6.46. The minimum absolute atomic E-state index is 0.184. The van der Waals surface area contributed by atoms with Gasteiger partial charge in [-0.25, -0.2) is 0 Å². The third-order valence-corrected chi connectivity index (χ3v) is 3.19. The number of amides is 1. The maximum Gasteiger partial charge on any atom is 0.242 e. The van der Waals surface area contributed by atoms with E-state index in [9.17, 15) is 4.79 Å². The van der Waals surface area contributed by atoms with Crippen LogP contribution >= 0.6 is 0 Å². The monoisotopic (exact) mass is 248 g/mol. The van der Waals surface area contributed by atoms with Crippen LogP contribution in [0.15, 0.2) is 30.3 Å². The number of hydrogen-bond acceptors (Lipinski definition) is 3. The van der Waals surface area contributed by atoms with Crippen molar-refractivity contribution < 1.29 is 9.53 Å². The number of hydrogen-bond donors (Lipinski definition) is 0. The Balaban J connectivity index is 1.95. The van der Waals surface area contributed by atoms with E-state index < -0.39 is 0 Å². The van der Waals surface area contributed by atoms with E-state index >= 15 is 0 Å². The summed E-state index contributed by atoms with van der Waals surface area (Å²) in [6.45, 7) is 6.09. The summed E-state index contributed by atoms with van der Waals surface area (Å²) in [5.74, 6) is 0.184. The van der Waals surface area contributed by atoms with E-state index in [0.717, 1.165) is 12.2 Å². The van der Waals surface area contributed by atoms with E-state index in [0.29, 0.717) is 32.8 Å². The first-order chi connectivity index (χ1) is 8.81. The van der Waals surface area contributed by atoms with Crippen LogP contribution in [0.5, 0.6) is 0 Å². The molecule has 1 fully saturated rings. The van der Waals surface area contributed by atoms with E-state index in [2.05, 4.69) is 11.8 Å². The molecule has 4 nitrogen and oxygen atoms in total. The second-order valence-corrected chi connectivity index (χ2v) is 4.34. The molecule has 0 unspecified atom stereocenters. The van der Waals surface area contributed by atoms with Gasteiger partial charge in [-0.2, -0.15) is 0 Å².